The van der Waals surface area contributed by atoms with Gasteiger partial charge in [0.05, 0.1) is 17.2 Å². The Morgan fingerprint density at radius 1 is 1.33 bits per heavy atom. The molecule has 2 heterocycles. The predicted molar refractivity (Wildman–Crippen MR) is 58.8 cm³/mol. The largest absolute Gasteiger partial charge is 0.328 e. The van der Waals surface area contributed by atoms with Crippen molar-refractivity contribution in [3.63, 3.8) is 0 Å². The van der Waals surface area contributed by atoms with E-state index < -0.39 is 0 Å². The third-order valence-electron chi connectivity index (χ3n) is 2.69. The first-order chi connectivity index (χ1) is 7.29. The van der Waals surface area contributed by atoms with Crippen molar-refractivity contribution >= 4 is 21.9 Å². The first kappa shape index (κ1) is 8.23. The Bertz CT molecular complexity index is 708. The molecule has 0 aliphatic rings. The van der Waals surface area contributed by atoms with Crippen LogP contribution in [0.3, 0.4) is 0 Å². The maximum Gasteiger partial charge on any atom is 0.260 e. The summed E-state index contributed by atoms with van der Waals surface area (Å²) in [6.07, 6.45) is 1.43. The Morgan fingerprint density at radius 3 is 3.00 bits per heavy atom. The third kappa shape index (κ3) is 0.958. The molecule has 1 aromatic carbocycles. The van der Waals surface area contributed by atoms with Crippen LogP contribution in [0.25, 0.3) is 21.9 Å². The highest BCUT2D eigenvalue weighted by Crippen LogP contribution is 2.22. The minimum absolute atomic E-state index is 0.0863. The average Bonchev–Trinajstić information content (AvgIpc) is 2.55. The highest BCUT2D eigenvalue weighted by molar-refractivity contribution is 6.05. The number of aromatic nitrogens is 3. The summed E-state index contributed by atoms with van der Waals surface area (Å²) in [6, 6.07) is 7.80. The third-order valence-corrected chi connectivity index (χ3v) is 2.69. The van der Waals surface area contributed by atoms with Crippen LogP contribution in [0.15, 0.2) is 35.4 Å². The lowest BCUT2D eigenvalue weighted by atomic mass is 10.2. The summed E-state index contributed by atoms with van der Waals surface area (Å²) in [5.74, 6) is 0. The van der Waals surface area contributed by atoms with Crippen LogP contribution in [0.4, 0.5) is 0 Å². The molecule has 0 saturated heterocycles. The average molecular weight is 199 g/mol. The second-order valence-corrected chi connectivity index (χ2v) is 3.51. The van der Waals surface area contributed by atoms with Crippen LogP contribution >= 0.6 is 0 Å². The lowest BCUT2D eigenvalue weighted by molar-refractivity contribution is 0.978. The Labute approximate surface area is 85.2 Å². The van der Waals surface area contributed by atoms with Gasteiger partial charge in [-0.25, -0.2) is 4.98 Å². The van der Waals surface area contributed by atoms with Gasteiger partial charge in [0.1, 0.15) is 5.65 Å². The Kier molecular flexibility index (Phi) is 1.48. The van der Waals surface area contributed by atoms with Gasteiger partial charge in [-0.3, -0.25) is 4.79 Å². The Hall–Kier alpha value is -2.10. The molecule has 0 bridgehead atoms. The van der Waals surface area contributed by atoms with Crippen LogP contribution in [-0.2, 0) is 7.05 Å². The summed E-state index contributed by atoms with van der Waals surface area (Å²) in [5.41, 5.74) is 1.66. The first-order valence-electron chi connectivity index (χ1n) is 4.70. The first-order valence-corrected chi connectivity index (χ1v) is 4.70. The standard InChI is InChI=1S/C11H9N3O/c1-14-8-5-3-2-4-7(8)9-10(14)12-6-13-11(9)15/h2-6H,1H3,(H,12,13,15). The van der Waals surface area contributed by atoms with Gasteiger partial charge in [-0.15, -0.1) is 0 Å². The number of nitrogens with one attached hydrogen (secondary N) is 1. The summed E-state index contributed by atoms with van der Waals surface area (Å²) in [4.78, 5) is 18.5. The summed E-state index contributed by atoms with van der Waals surface area (Å²) in [7, 11) is 1.91. The van der Waals surface area contributed by atoms with Crippen molar-refractivity contribution in [1.82, 2.24) is 14.5 Å². The van der Waals surface area contributed by atoms with Crippen LogP contribution in [-0.4, -0.2) is 14.5 Å². The molecule has 15 heavy (non-hydrogen) atoms. The molecule has 4 heteroatoms. The number of aromatic amines is 1. The zero-order valence-corrected chi connectivity index (χ0v) is 8.19. The molecule has 4 nitrogen and oxygen atoms in total. The van der Waals surface area contributed by atoms with Crippen molar-refractivity contribution in [3.05, 3.63) is 40.9 Å². The van der Waals surface area contributed by atoms with Gasteiger partial charge in [0.25, 0.3) is 5.56 Å². The maximum absolute atomic E-state index is 11.7. The molecule has 0 radical (unpaired) electrons. The van der Waals surface area contributed by atoms with E-state index in [0.29, 0.717) is 5.39 Å². The van der Waals surface area contributed by atoms with E-state index in [-0.39, 0.29) is 5.56 Å². The number of H-pyrrole nitrogens is 1. The number of aryl methyl sites for hydroxylation is 1. The minimum atomic E-state index is -0.0863. The highest BCUT2D eigenvalue weighted by Gasteiger charge is 2.10. The molecule has 0 atom stereocenters. The van der Waals surface area contributed by atoms with E-state index in [0.717, 1.165) is 16.6 Å². The highest BCUT2D eigenvalue weighted by atomic mass is 16.1. The fraction of sp³-hybridized carbons (Fsp3) is 0.0909. The molecular formula is C11H9N3O. The number of hydrogen-bond donors (Lipinski definition) is 1. The number of hydrogen-bond acceptors (Lipinski definition) is 2. The number of nitrogens with zero attached hydrogens (tertiary/aromatic N) is 2. The normalized spacial score (nSPS) is 11.3. The van der Waals surface area contributed by atoms with E-state index in [9.17, 15) is 4.79 Å². The van der Waals surface area contributed by atoms with E-state index in [1.54, 1.807) is 0 Å². The minimum Gasteiger partial charge on any atom is -0.328 e. The van der Waals surface area contributed by atoms with Crippen molar-refractivity contribution in [2.45, 2.75) is 0 Å². The van der Waals surface area contributed by atoms with E-state index >= 15 is 0 Å². The smallest absolute Gasteiger partial charge is 0.260 e. The van der Waals surface area contributed by atoms with Crippen LogP contribution in [0.1, 0.15) is 0 Å². The molecule has 1 N–H and O–H groups in total. The van der Waals surface area contributed by atoms with Crippen LogP contribution in [0.5, 0.6) is 0 Å². The molecule has 0 fully saturated rings. The van der Waals surface area contributed by atoms with Gasteiger partial charge >= 0.3 is 0 Å². The Morgan fingerprint density at radius 2 is 2.13 bits per heavy atom. The quantitative estimate of drug-likeness (QED) is 0.595. The van der Waals surface area contributed by atoms with Gasteiger partial charge in [0.15, 0.2) is 0 Å². The molecule has 0 saturated carbocycles. The molecule has 0 spiro atoms. The monoisotopic (exact) mass is 199 g/mol. The van der Waals surface area contributed by atoms with Crippen LogP contribution in [0.2, 0.25) is 0 Å². The molecular weight excluding hydrogens is 190 g/mol. The van der Waals surface area contributed by atoms with Crippen molar-refractivity contribution < 1.29 is 0 Å². The molecule has 74 valence electrons. The zero-order chi connectivity index (χ0) is 10.4. The Balaban J connectivity index is 2.77. The summed E-state index contributed by atoms with van der Waals surface area (Å²) < 4.78 is 1.93. The van der Waals surface area contributed by atoms with Crippen LogP contribution in [0, 0.1) is 0 Å². The van der Waals surface area contributed by atoms with Crippen molar-refractivity contribution in [2.24, 2.45) is 7.05 Å². The second-order valence-electron chi connectivity index (χ2n) is 3.51. The molecule has 2 aromatic heterocycles. The van der Waals surface area contributed by atoms with Gasteiger partial charge in [0.2, 0.25) is 0 Å². The zero-order valence-electron chi connectivity index (χ0n) is 8.19. The van der Waals surface area contributed by atoms with Gasteiger partial charge in [-0.05, 0) is 6.07 Å². The molecule has 0 amide bonds. The molecule has 0 aliphatic carbocycles. The number of rotatable bonds is 0. The SMILES string of the molecule is Cn1c2ccccc2c2c(=O)[nH]cnc21. The number of para-hydroxylation sites is 1. The van der Waals surface area contributed by atoms with E-state index in [4.69, 9.17) is 0 Å². The maximum atomic E-state index is 11.7. The van der Waals surface area contributed by atoms with Gasteiger partial charge in [-0.2, -0.15) is 0 Å². The van der Waals surface area contributed by atoms with Gasteiger partial charge in [0, 0.05) is 12.4 Å². The molecule has 3 aromatic rings. The van der Waals surface area contributed by atoms with E-state index in [1.807, 2.05) is 35.9 Å². The van der Waals surface area contributed by atoms with E-state index in [1.165, 1.54) is 6.33 Å². The molecule has 3 rings (SSSR count). The summed E-state index contributed by atoms with van der Waals surface area (Å²) >= 11 is 0. The number of benzene rings is 1. The van der Waals surface area contributed by atoms with Gasteiger partial charge < -0.3 is 9.55 Å². The topological polar surface area (TPSA) is 50.7 Å². The van der Waals surface area contributed by atoms with Gasteiger partial charge in [-0.1, -0.05) is 18.2 Å². The fourth-order valence-electron chi connectivity index (χ4n) is 1.98. The summed E-state index contributed by atoms with van der Waals surface area (Å²) in [6.45, 7) is 0. The van der Waals surface area contributed by atoms with Crippen LogP contribution < -0.4 is 5.56 Å². The number of fused-ring (bicyclic) bond motifs is 3. The lowest BCUT2D eigenvalue weighted by Gasteiger charge is -1.94. The molecule has 0 unspecified atom stereocenters. The lowest BCUT2D eigenvalue weighted by Crippen LogP contribution is -2.05. The fourth-order valence-corrected chi connectivity index (χ4v) is 1.98. The van der Waals surface area contributed by atoms with E-state index in [2.05, 4.69) is 9.97 Å². The predicted octanol–water partition coefficient (Wildman–Crippen LogP) is 1.41. The second kappa shape index (κ2) is 2.70. The van der Waals surface area contributed by atoms with Crippen molar-refractivity contribution in [1.29, 1.82) is 0 Å². The summed E-state index contributed by atoms with van der Waals surface area (Å²) in [5, 5.41) is 1.61. The van der Waals surface area contributed by atoms with Crippen molar-refractivity contribution in [3.8, 4) is 0 Å². The molecule has 0 aliphatic heterocycles. The van der Waals surface area contributed by atoms with Crippen molar-refractivity contribution in [2.75, 3.05) is 0 Å².